The third-order valence-corrected chi connectivity index (χ3v) is 14.8. The number of aliphatic hydroxyl groups excluding tert-OH is 1. The average molecular weight is 934 g/mol. The first-order valence-electron chi connectivity index (χ1n) is 24.0. The molecule has 6 rings (SSSR count). The number of esters is 1. The number of likely N-dealkylation sites (N-methyl/N-ethyl adjacent to an activating group) is 1. The molecule has 0 bridgehead atoms. The lowest BCUT2D eigenvalue weighted by Crippen LogP contribution is -2.60. The van der Waals surface area contributed by atoms with E-state index >= 15 is 0 Å². The number of ketones is 2. The van der Waals surface area contributed by atoms with Crippen LogP contribution in [0.5, 0.6) is 0 Å². The van der Waals surface area contributed by atoms with Crippen molar-refractivity contribution in [2.45, 2.75) is 173 Å². The number of hydrogen-bond donors (Lipinski definition) is 2. The maximum absolute atomic E-state index is 14.8. The average Bonchev–Trinajstić information content (AvgIpc) is 4.10. The maximum Gasteiger partial charge on any atom is 0.410 e. The number of aromatic carboxylic acids is 1. The van der Waals surface area contributed by atoms with E-state index in [1.54, 1.807) is 58.6 Å². The normalized spacial score (nSPS) is 34.3. The number of pyridine rings is 1. The molecule has 2 N–H and O–H groups in total. The van der Waals surface area contributed by atoms with Crippen molar-refractivity contribution >= 4 is 40.5 Å². The molecule has 1 saturated carbocycles. The van der Waals surface area contributed by atoms with Crippen LogP contribution in [-0.2, 0) is 38.1 Å². The van der Waals surface area contributed by atoms with Crippen molar-refractivity contribution in [3.8, 4) is 11.8 Å². The summed E-state index contributed by atoms with van der Waals surface area (Å²) in [6, 6.07) is 4.22. The van der Waals surface area contributed by atoms with Crippen molar-refractivity contribution in [2.24, 2.45) is 23.7 Å². The highest BCUT2D eigenvalue weighted by molar-refractivity contribution is 6.00. The van der Waals surface area contributed by atoms with E-state index in [0.717, 1.165) is 12.8 Å². The highest BCUT2D eigenvalue weighted by Crippen LogP contribution is 2.43. The molecule has 3 aliphatic heterocycles. The van der Waals surface area contributed by atoms with E-state index < -0.39 is 94.8 Å². The molecule has 3 saturated heterocycles. The smallest absolute Gasteiger partial charge is 0.410 e. The Morgan fingerprint density at radius 1 is 0.985 bits per heavy atom. The number of carbonyl (C=O) groups is 5. The van der Waals surface area contributed by atoms with Crippen molar-refractivity contribution < 1.29 is 57.9 Å². The van der Waals surface area contributed by atoms with Gasteiger partial charge in [-0.1, -0.05) is 46.0 Å². The monoisotopic (exact) mass is 933 g/mol. The van der Waals surface area contributed by atoms with E-state index in [1.165, 1.54) is 20.2 Å². The minimum atomic E-state index is -1.44. The van der Waals surface area contributed by atoms with Gasteiger partial charge in [-0.25, -0.2) is 9.59 Å². The minimum absolute atomic E-state index is 0.102. The Kier molecular flexibility index (Phi) is 16.1. The molecular weight excluding hydrogens is 863 g/mol. The molecule has 67 heavy (non-hydrogen) atoms. The molecule has 0 spiro atoms. The number of aliphatic hydroxyl groups is 1. The van der Waals surface area contributed by atoms with Gasteiger partial charge in [-0.15, -0.1) is 0 Å². The third-order valence-electron chi connectivity index (χ3n) is 14.8. The van der Waals surface area contributed by atoms with Gasteiger partial charge in [0.2, 0.25) is 5.43 Å². The van der Waals surface area contributed by atoms with Crippen LogP contribution >= 0.6 is 0 Å². The number of benzene rings is 1. The summed E-state index contributed by atoms with van der Waals surface area (Å²) in [5, 5.41) is 21.4. The quantitative estimate of drug-likeness (QED) is 0.106. The first-order chi connectivity index (χ1) is 31.6. The molecule has 16 nitrogen and oxygen atoms in total. The highest BCUT2D eigenvalue weighted by Gasteiger charge is 2.60. The number of Topliss-reactive ketones (excluding diaryl/α,β-unsaturated/α-hetero) is 2. The lowest BCUT2D eigenvalue weighted by molar-refractivity contribution is -0.295. The molecule has 13 atom stereocenters. The van der Waals surface area contributed by atoms with Gasteiger partial charge < -0.3 is 48.3 Å². The molecule has 1 aromatic carbocycles. The molecule has 1 aliphatic carbocycles. The van der Waals surface area contributed by atoms with Gasteiger partial charge in [-0.3, -0.25) is 19.2 Å². The van der Waals surface area contributed by atoms with Crippen LogP contribution in [0.4, 0.5) is 4.79 Å². The molecule has 16 heteroatoms. The second kappa shape index (κ2) is 20.9. The zero-order valence-corrected chi connectivity index (χ0v) is 41.0. The van der Waals surface area contributed by atoms with Crippen LogP contribution in [-0.4, -0.2) is 136 Å². The Hall–Kier alpha value is -4.66. The fraction of sp³-hybridized carbons (Fsp3) is 0.686. The Morgan fingerprint density at radius 2 is 1.69 bits per heavy atom. The number of carboxylic acids is 1. The Labute approximate surface area is 393 Å². The van der Waals surface area contributed by atoms with Gasteiger partial charge in [0.1, 0.15) is 29.5 Å². The molecule has 368 valence electrons. The van der Waals surface area contributed by atoms with E-state index in [2.05, 4.69) is 11.8 Å². The van der Waals surface area contributed by atoms with Gasteiger partial charge >= 0.3 is 18.0 Å². The number of ether oxygens (including phenoxy) is 5. The van der Waals surface area contributed by atoms with Crippen molar-refractivity contribution in [2.75, 3.05) is 27.7 Å². The molecule has 0 unspecified atom stereocenters. The first kappa shape index (κ1) is 51.7. The van der Waals surface area contributed by atoms with E-state index in [1.807, 2.05) is 36.6 Å². The zero-order valence-electron chi connectivity index (χ0n) is 41.0. The summed E-state index contributed by atoms with van der Waals surface area (Å²) >= 11 is 0. The van der Waals surface area contributed by atoms with Crippen LogP contribution in [0.1, 0.15) is 135 Å². The second-order valence-corrected chi connectivity index (χ2v) is 20.0. The van der Waals surface area contributed by atoms with Gasteiger partial charge in [0, 0.05) is 67.1 Å². The molecule has 2 aromatic rings. The Morgan fingerprint density at radius 3 is 2.31 bits per heavy atom. The summed E-state index contributed by atoms with van der Waals surface area (Å²) in [6.07, 6.45) is 1.50. The summed E-state index contributed by atoms with van der Waals surface area (Å²) in [4.78, 5) is 85.2. The van der Waals surface area contributed by atoms with Crippen LogP contribution in [0.25, 0.3) is 10.9 Å². The number of unbranched alkanes of at least 4 members (excludes halogenated alkanes) is 3. The molecule has 4 heterocycles. The summed E-state index contributed by atoms with van der Waals surface area (Å²) in [5.41, 5.74) is -2.13. The number of nitrogens with zero attached hydrogens (tertiary/aromatic N) is 3. The predicted octanol–water partition coefficient (Wildman–Crippen LogP) is 6.15. The standard InChI is InChI=1S/C51H71N3O13/c1-12-39-51(8)44(53(49(62)67-51)23-17-15-13-14-16-18-33-19-22-35-37(25-33)54(34-20-21-34)27-36(42(35)57)46(59)60)30(4)40(55)28(2)26-50(7,63-11)45(31(5)41(56)32(6)47(61)65-39)66-48-43(58)38(52(9)10)24-29(3)64-48/h19,22,25,27-32,34,38-39,43-45,48,58H,12-15,17,20-21,23-24,26H2,1-11H3,(H,59,60)/t28-,29-,30+,31+,32-,38+,39-,43-,44-,45-,48+,50-,51-/m1/s1. The van der Waals surface area contributed by atoms with Crippen molar-refractivity contribution in [1.82, 2.24) is 14.4 Å². The maximum atomic E-state index is 14.8. The number of rotatable bonds is 12. The van der Waals surface area contributed by atoms with Crippen molar-refractivity contribution in [3.05, 3.63) is 45.7 Å². The van der Waals surface area contributed by atoms with Crippen molar-refractivity contribution in [3.63, 3.8) is 0 Å². The number of cyclic esters (lactones) is 1. The number of carbonyl (C=O) groups excluding carboxylic acids is 4. The lowest BCUT2D eigenvalue weighted by atomic mass is 9.73. The van der Waals surface area contributed by atoms with Crippen LogP contribution in [0.15, 0.2) is 29.2 Å². The fourth-order valence-corrected chi connectivity index (χ4v) is 10.8. The molecule has 1 amide bonds. The fourth-order valence-electron chi connectivity index (χ4n) is 10.8. The van der Waals surface area contributed by atoms with Gasteiger partial charge in [0.25, 0.3) is 0 Å². The largest absolute Gasteiger partial charge is 0.477 e. The van der Waals surface area contributed by atoms with Gasteiger partial charge in [-0.2, -0.15) is 0 Å². The van der Waals surface area contributed by atoms with E-state index in [4.69, 9.17) is 23.7 Å². The van der Waals surface area contributed by atoms with Crippen molar-refractivity contribution in [1.29, 1.82) is 0 Å². The van der Waals surface area contributed by atoms with Gasteiger partial charge in [0.05, 0.1) is 29.4 Å². The van der Waals surface area contributed by atoms with Gasteiger partial charge in [0.15, 0.2) is 17.7 Å². The summed E-state index contributed by atoms with van der Waals surface area (Å²) in [6.45, 7) is 14.1. The Bertz CT molecular complexity index is 2310. The van der Waals surface area contributed by atoms with E-state index in [-0.39, 0.29) is 48.9 Å². The minimum Gasteiger partial charge on any atom is -0.477 e. The summed E-state index contributed by atoms with van der Waals surface area (Å²) in [5.74, 6) is -0.00593. The van der Waals surface area contributed by atoms with Crippen LogP contribution < -0.4 is 5.43 Å². The van der Waals surface area contributed by atoms with Crippen LogP contribution in [0, 0.1) is 35.5 Å². The number of hydrogen-bond acceptors (Lipinski definition) is 13. The van der Waals surface area contributed by atoms with Gasteiger partial charge in [-0.05, 0) is 105 Å². The second-order valence-electron chi connectivity index (χ2n) is 20.0. The Balaban J connectivity index is 1.20. The molecule has 4 aliphatic rings. The van der Waals surface area contributed by atoms with Crippen LogP contribution in [0.3, 0.4) is 0 Å². The zero-order chi connectivity index (χ0) is 49.3. The number of aromatic nitrogens is 1. The number of amides is 1. The summed E-state index contributed by atoms with van der Waals surface area (Å²) in [7, 11) is 5.21. The van der Waals surface area contributed by atoms with E-state index in [0.29, 0.717) is 48.6 Å². The first-order valence-corrected chi connectivity index (χ1v) is 24.0. The predicted molar refractivity (Wildman–Crippen MR) is 248 cm³/mol. The third kappa shape index (κ3) is 10.7. The topological polar surface area (TPSA) is 200 Å². The number of carboxylic acid groups (broad SMARTS) is 1. The molecule has 1 aromatic heterocycles. The highest BCUT2D eigenvalue weighted by atomic mass is 16.7. The lowest BCUT2D eigenvalue weighted by Gasteiger charge is -2.47. The molecule has 4 fully saturated rings. The summed E-state index contributed by atoms with van der Waals surface area (Å²) < 4.78 is 33.1. The van der Waals surface area contributed by atoms with E-state index in [9.17, 15) is 39.0 Å². The SMILES string of the molecule is CC[C@H]1OC(=O)[C@H](C)C(=O)[C@H](C)[C@@H](O[C@@H]2O[C@H](C)C[C@H](N(C)C)[C@H]2O)[C@](C)(OC)C[C@@H](C)C(=O)[C@H](C)[C@H]2N(CCCCCC#Cc3ccc4c(=O)c(C(=O)O)cn(C5CC5)c4c3)C(=O)O[C@]12C. The van der Waals surface area contributed by atoms with Crippen LogP contribution in [0.2, 0.25) is 0 Å². The molecule has 0 radical (unpaired) electrons. The molecular formula is C51H71N3O13. The number of fused-ring (bicyclic) bond motifs is 2. The number of methoxy groups -OCH3 is 1.